The lowest BCUT2D eigenvalue weighted by atomic mass is 10.2. The number of aryl methyl sites for hydroxylation is 2. The Morgan fingerprint density at radius 3 is 2.68 bits per heavy atom. The number of hydrogen-bond acceptors (Lipinski definition) is 7. The molecule has 8 nitrogen and oxygen atoms in total. The van der Waals surface area contributed by atoms with Crippen LogP contribution in [0.15, 0.2) is 46.4 Å². The van der Waals surface area contributed by atoms with Gasteiger partial charge in [-0.15, -0.1) is 11.3 Å². The Morgan fingerprint density at radius 2 is 1.94 bits per heavy atom. The molecule has 2 aromatic heterocycles. The minimum Gasteiger partial charge on any atom is -0.350 e. The molecule has 3 heterocycles. The molecule has 1 aromatic carbocycles. The van der Waals surface area contributed by atoms with Crippen LogP contribution < -0.4 is 10.9 Å². The first-order valence-electron chi connectivity index (χ1n) is 9.40. The van der Waals surface area contributed by atoms with Gasteiger partial charge in [0.25, 0.3) is 22.6 Å². The van der Waals surface area contributed by atoms with Crippen LogP contribution in [0, 0.1) is 6.92 Å². The predicted octanol–water partition coefficient (Wildman–Crippen LogP) is 2.77. The molecule has 0 aliphatic carbocycles. The zero-order valence-electron chi connectivity index (χ0n) is 16.7. The summed E-state index contributed by atoms with van der Waals surface area (Å²) in [6, 6.07) is 9.28. The second-order valence-electron chi connectivity index (χ2n) is 6.90. The van der Waals surface area contributed by atoms with E-state index in [4.69, 9.17) is 0 Å². The van der Waals surface area contributed by atoms with Crippen LogP contribution in [0.5, 0.6) is 0 Å². The quantitative estimate of drug-likeness (QED) is 0.595. The third-order valence-corrected chi connectivity index (χ3v) is 6.91. The maximum Gasteiger partial charge on any atom is 0.293 e. The van der Waals surface area contributed by atoms with Gasteiger partial charge >= 0.3 is 0 Å². The van der Waals surface area contributed by atoms with Crippen molar-refractivity contribution in [2.24, 2.45) is 7.05 Å². The van der Waals surface area contributed by atoms with Gasteiger partial charge in [0, 0.05) is 20.1 Å². The van der Waals surface area contributed by atoms with Gasteiger partial charge in [-0.25, -0.2) is 4.98 Å². The van der Waals surface area contributed by atoms with Crippen molar-refractivity contribution in [2.45, 2.75) is 6.92 Å². The number of thioether (sulfide) groups is 1. The summed E-state index contributed by atoms with van der Waals surface area (Å²) in [6.07, 6.45) is 3.10. The molecule has 1 N–H and O–H groups in total. The van der Waals surface area contributed by atoms with E-state index in [-0.39, 0.29) is 35.7 Å². The molecule has 1 saturated heterocycles. The van der Waals surface area contributed by atoms with Crippen LogP contribution in [0.1, 0.15) is 20.8 Å². The number of imide groups is 1. The first-order valence-corrected chi connectivity index (χ1v) is 11.0. The zero-order chi connectivity index (χ0) is 22.1. The maximum atomic E-state index is 12.6. The van der Waals surface area contributed by atoms with E-state index in [9.17, 15) is 19.2 Å². The third-order valence-electron chi connectivity index (χ3n) is 4.81. The van der Waals surface area contributed by atoms with Gasteiger partial charge in [0.05, 0.1) is 21.5 Å². The topological polar surface area (TPSA) is 101 Å². The Bertz CT molecular complexity index is 1290. The largest absolute Gasteiger partial charge is 0.350 e. The summed E-state index contributed by atoms with van der Waals surface area (Å²) >= 11 is 2.03. The fourth-order valence-corrected chi connectivity index (χ4v) is 5.10. The molecular formula is C21H18N4O4S2. The van der Waals surface area contributed by atoms with Crippen molar-refractivity contribution in [3.05, 3.63) is 67.9 Å². The third kappa shape index (κ3) is 4.04. The van der Waals surface area contributed by atoms with Gasteiger partial charge in [-0.2, -0.15) is 0 Å². The molecule has 158 valence electrons. The Morgan fingerprint density at radius 1 is 1.19 bits per heavy atom. The Hall–Kier alpha value is -3.24. The lowest BCUT2D eigenvalue weighted by Gasteiger charge is -2.12. The number of fused-ring (bicyclic) bond motifs is 1. The number of amides is 3. The minimum atomic E-state index is -0.376. The summed E-state index contributed by atoms with van der Waals surface area (Å²) in [5.41, 5.74) is 1.20. The molecule has 1 aliphatic rings. The molecule has 0 spiro atoms. The molecule has 4 rings (SSSR count). The van der Waals surface area contributed by atoms with Gasteiger partial charge in [-0.3, -0.25) is 24.1 Å². The number of rotatable bonds is 5. The average molecular weight is 455 g/mol. The fraction of sp³-hybridized carbons (Fsp3) is 0.190. The highest BCUT2D eigenvalue weighted by Crippen LogP contribution is 2.32. The number of nitrogens with one attached hydrogen (secondary N) is 1. The normalized spacial score (nSPS) is 15.3. The number of nitrogens with zero attached hydrogens (tertiary/aromatic N) is 3. The lowest BCUT2D eigenvalue weighted by Crippen LogP contribution is -2.37. The van der Waals surface area contributed by atoms with Crippen LogP contribution in [0.25, 0.3) is 16.3 Å². The van der Waals surface area contributed by atoms with Gasteiger partial charge in [-0.1, -0.05) is 30.3 Å². The van der Waals surface area contributed by atoms with Crippen molar-refractivity contribution in [1.29, 1.82) is 0 Å². The van der Waals surface area contributed by atoms with E-state index in [0.29, 0.717) is 25.6 Å². The molecule has 3 aromatic rings. The Labute approximate surface area is 185 Å². The van der Waals surface area contributed by atoms with Crippen LogP contribution >= 0.6 is 23.1 Å². The lowest BCUT2D eigenvalue weighted by molar-refractivity contribution is -0.122. The number of benzene rings is 1. The van der Waals surface area contributed by atoms with Crippen molar-refractivity contribution in [3.63, 3.8) is 0 Å². The molecule has 1 fully saturated rings. The Balaban J connectivity index is 1.43. The van der Waals surface area contributed by atoms with Crippen molar-refractivity contribution in [3.8, 4) is 0 Å². The number of carbonyl (C=O) groups excluding carboxylic acids is 3. The van der Waals surface area contributed by atoms with E-state index in [2.05, 4.69) is 10.3 Å². The summed E-state index contributed by atoms with van der Waals surface area (Å²) in [5, 5.41) is 2.79. The minimum absolute atomic E-state index is 0.0620. The molecule has 0 saturated carbocycles. The van der Waals surface area contributed by atoms with Crippen LogP contribution in [-0.2, 0) is 11.8 Å². The second-order valence-corrected chi connectivity index (χ2v) is 8.89. The summed E-state index contributed by atoms with van der Waals surface area (Å²) in [5.74, 6) is -0.742. The molecule has 1 aliphatic heterocycles. The standard InChI is InChI=1S/C21H18N4O4S2/c1-12-15-18(23-11-24(2)20(15)28)31-16(12)17(26)22-8-9-25-19(27)14(30-21(25)29)10-13-6-4-3-5-7-13/h3-7,10-11H,8-9H2,1-2H3,(H,22,26)/b14-10-. The van der Waals surface area contributed by atoms with E-state index in [0.717, 1.165) is 33.6 Å². The summed E-state index contributed by atoms with van der Waals surface area (Å²) in [7, 11) is 1.61. The first kappa shape index (κ1) is 21.0. The van der Waals surface area contributed by atoms with Crippen molar-refractivity contribution in [1.82, 2.24) is 19.8 Å². The molecule has 31 heavy (non-hydrogen) atoms. The van der Waals surface area contributed by atoms with Crippen LogP contribution in [0.3, 0.4) is 0 Å². The van der Waals surface area contributed by atoms with Gasteiger partial charge in [0.1, 0.15) is 4.83 Å². The number of aromatic nitrogens is 2. The first-order chi connectivity index (χ1) is 14.9. The predicted molar refractivity (Wildman–Crippen MR) is 121 cm³/mol. The number of carbonyl (C=O) groups is 3. The highest BCUT2D eigenvalue weighted by molar-refractivity contribution is 8.18. The molecule has 10 heteroatoms. The smallest absolute Gasteiger partial charge is 0.293 e. The van der Waals surface area contributed by atoms with Crippen molar-refractivity contribution >= 4 is 56.4 Å². The van der Waals surface area contributed by atoms with E-state index >= 15 is 0 Å². The van der Waals surface area contributed by atoms with Crippen molar-refractivity contribution in [2.75, 3.05) is 13.1 Å². The van der Waals surface area contributed by atoms with E-state index in [1.54, 1.807) is 20.0 Å². The van der Waals surface area contributed by atoms with Crippen LogP contribution in [0.4, 0.5) is 4.79 Å². The Kier molecular flexibility index (Phi) is 5.75. The molecule has 3 amide bonds. The fourth-order valence-electron chi connectivity index (χ4n) is 3.18. The van der Waals surface area contributed by atoms with Gasteiger partial charge in [0.2, 0.25) is 0 Å². The van der Waals surface area contributed by atoms with Gasteiger partial charge in [0.15, 0.2) is 0 Å². The number of hydrogen-bond donors (Lipinski definition) is 1. The van der Waals surface area contributed by atoms with Crippen LogP contribution in [-0.4, -0.2) is 44.6 Å². The molecule has 0 radical (unpaired) electrons. The zero-order valence-corrected chi connectivity index (χ0v) is 18.4. The molecule has 0 unspecified atom stereocenters. The summed E-state index contributed by atoms with van der Waals surface area (Å²) in [6.45, 7) is 1.88. The average Bonchev–Trinajstić information content (AvgIpc) is 3.23. The van der Waals surface area contributed by atoms with Gasteiger partial charge < -0.3 is 9.88 Å². The SMILES string of the molecule is Cc1c(C(=O)NCCN2C(=O)S/C(=C\c3ccccc3)C2=O)sc2ncn(C)c(=O)c12. The molecule has 0 atom stereocenters. The van der Waals surface area contributed by atoms with Crippen LogP contribution in [0.2, 0.25) is 0 Å². The van der Waals surface area contributed by atoms with Gasteiger partial charge in [-0.05, 0) is 35.9 Å². The second kappa shape index (κ2) is 8.48. The monoisotopic (exact) mass is 454 g/mol. The molecular weight excluding hydrogens is 436 g/mol. The highest BCUT2D eigenvalue weighted by atomic mass is 32.2. The maximum absolute atomic E-state index is 12.6. The summed E-state index contributed by atoms with van der Waals surface area (Å²) < 4.78 is 1.37. The molecule has 0 bridgehead atoms. The highest BCUT2D eigenvalue weighted by Gasteiger charge is 2.34. The van der Waals surface area contributed by atoms with Crippen molar-refractivity contribution < 1.29 is 14.4 Å². The van der Waals surface area contributed by atoms with E-state index in [1.807, 2.05) is 30.3 Å². The van der Waals surface area contributed by atoms with E-state index < -0.39 is 0 Å². The number of thiophene rings is 1. The van der Waals surface area contributed by atoms with E-state index in [1.165, 1.54) is 10.9 Å². The summed E-state index contributed by atoms with van der Waals surface area (Å²) in [4.78, 5) is 56.3.